The Labute approximate surface area is 224 Å². The zero-order valence-corrected chi connectivity index (χ0v) is 22.6. The Morgan fingerprint density at radius 3 is 2.41 bits per heavy atom. The van der Waals surface area contributed by atoms with E-state index >= 15 is 0 Å². The highest BCUT2D eigenvalue weighted by molar-refractivity contribution is 9.10. The van der Waals surface area contributed by atoms with Crippen LogP contribution in [-0.2, 0) is 11.2 Å². The molecule has 7 heteroatoms. The van der Waals surface area contributed by atoms with Crippen molar-refractivity contribution in [1.29, 1.82) is 0 Å². The Kier molecular flexibility index (Phi) is 6.27. The van der Waals surface area contributed by atoms with Gasteiger partial charge in [-0.3, -0.25) is 14.6 Å². The normalized spacial score (nSPS) is 17.6. The average molecular weight is 560 g/mol. The number of piperidine rings is 2. The molecular formula is C30H30BrN3O3. The number of nitrogens with zero attached hydrogens (tertiary/aromatic N) is 3. The molecular weight excluding hydrogens is 530 g/mol. The predicted octanol–water partition coefficient (Wildman–Crippen LogP) is 6.14. The van der Waals surface area contributed by atoms with Crippen LogP contribution >= 0.6 is 15.9 Å². The molecule has 2 aliphatic rings. The van der Waals surface area contributed by atoms with Crippen molar-refractivity contribution in [1.82, 2.24) is 14.8 Å². The fourth-order valence-corrected chi connectivity index (χ4v) is 6.34. The largest absolute Gasteiger partial charge is 0.451 e. The van der Waals surface area contributed by atoms with Crippen LogP contribution in [-0.4, -0.2) is 52.8 Å². The first kappa shape index (κ1) is 24.2. The number of carbonyl (C=O) groups excluding carboxylic acids is 2. The van der Waals surface area contributed by atoms with Crippen molar-refractivity contribution >= 4 is 49.6 Å². The van der Waals surface area contributed by atoms with Gasteiger partial charge < -0.3 is 14.2 Å². The zero-order chi connectivity index (χ0) is 25.6. The van der Waals surface area contributed by atoms with E-state index in [1.54, 1.807) is 6.20 Å². The van der Waals surface area contributed by atoms with Crippen LogP contribution in [0.3, 0.4) is 0 Å². The molecule has 2 aromatic carbocycles. The molecule has 4 aromatic rings. The van der Waals surface area contributed by atoms with Crippen LogP contribution in [0.25, 0.3) is 21.9 Å². The average Bonchev–Trinajstić information content (AvgIpc) is 3.25. The number of fused-ring (bicyclic) bond motifs is 2. The molecule has 0 N–H and O–H groups in total. The Balaban J connectivity index is 1.05. The van der Waals surface area contributed by atoms with E-state index in [1.165, 1.54) is 0 Å². The van der Waals surface area contributed by atoms with Gasteiger partial charge in [-0.1, -0.05) is 24.3 Å². The van der Waals surface area contributed by atoms with Gasteiger partial charge in [0.1, 0.15) is 5.58 Å². The number of aryl methyl sites for hydroxylation is 1. The first-order valence-corrected chi connectivity index (χ1v) is 13.8. The van der Waals surface area contributed by atoms with Gasteiger partial charge in [0.15, 0.2) is 5.76 Å². The highest BCUT2D eigenvalue weighted by Crippen LogP contribution is 2.42. The topological polar surface area (TPSA) is 66.7 Å². The summed E-state index contributed by atoms with van der Waals surface area (Å²) >= 11 is 3.47. The molecule has 0 unspecified atom stereocenters. The fourth-order valence-electron chi connectivity index (χ4n) is 5.99. The van der Waals surface area contributed by atoms with Crippen LogP contribution in [0.15, 0.2) is 63.6 Å². The fraction of sp³-hybridized carbons (Fsp3) is 0.367. The van der Waals surface area contributed by atoms with Gasteiger partial charge in [-0.25, -0.2) is 0 Å². The molecule has 2 saturated heterocycles. The number of likely N-dealkylation sites (tertiary alicyclic amines) is 2. The minimum absolute atomic E-state index is 0.00576. The second kappa shape index (κ2) is 9.60. The van der Waals surface area contributed by atoms with E-state index in [0.29, 0.717) is 12.2 Å². The molecule has 0 saturated carbocycles. The SMILES string of the molecule is Cc1c(C(=O)N2CCC3(CCN(C(=O)Cc4ccc5ncc(Br)cc5c4)CC3)CC2)oc2ccccc12. The van der Waals surface area contributed by atoms with Gasteiger partial charge in [-0.05, 0) is 83.8 Å². The van der Waals surface area contributed by atoms with E-state index in [0.717, 1.165) is 89.3 Å². The molecule has 2 fully saturated rings. The number of furan rings is 1. The standard InChI is InChI=1S/C30H30BrN3O3/c1-20-24-4-2-3-5-26(24)37-28(20)29(36)34-14-10-30(11-15-34)8-12-33(13-9-30)27(35)17-21-6-7-25-22(16-21)18-23(31)19-32-25/h2-7,16,18-19H,8-15,17H2,1H3. The number of aromatic nitrogens is 1. The number of amides is 2. The van der Waals surface area contributed by atoms with E-state index < -0.39 is 0 Å². The van der Waals surface area contributed by atoms with Crippen LogP contribution in [0.5, 0.6) is 0 Å². The van der Waals surface area contributed by atoms with Crippen LogP contribution < -0.4 is 0 Å². The molecule has 0 atom stereocenters. The van der Waals surface area contributed by atoms with Crippen molar-refractivity contribution in [2.75, 3.05) is 26.2 Å². The Hall–Kier alpha value is -3.19. The number of pyridine rings is 1. The summed E-state index contributed by atoms with van der Waals surface area (Å²) in [6.07, 6.45) is 6.16. The van der Waals surface area contributed by atoms with Crippen LogP contribution in [0.1, 0.15) is 47.4 Å². The Bertz CT molecular complexity index is 1490. The quantitative estimate of drug-likeness (QED) is 0.302. The molecule has 2 amide bonds. The van der Waals surface area contributed by atoms with E-state index in [2.05, 4.69) is 27.0 Å². The summed E-state index contributed by atoms with van der Waals surface area (Å²) in [5.74, 6) is 0.647. The van der Waals surface area contributed by atoms with Crippen molar-refractivity contribution < 1.29 is 14.0 Å². The molecule has 37 heavy (non-hydrogen) atoms. The first-order chi connectivity index (χ1) is 17.9. The minimum atomic E-state index is -0.00576. The molecule has 0 bridgehead atoms. The number of hydrogen-bond acceptors (Lipinski definition) is 4. The zero-order valence-electron chi connectivity index (χ0n) is 21.0. The number of carbonyl (C=O) groups is 2. The third-order valence-corrected chi connectivity index (χ3v) is 8.83. The molecule has 0 aliphatic carbocycles. The number of halogens is 1. The highest BCUT2D eigenvalue weighted by atomic mass is 79.9. The van der Waals surface area contributed by atoms with Gasteiger partial charge in [0.25, 0.3) is 5.91 Å². The lowest BCUT2D eigenvalue weighted by molar-refractivity contribution is -0.133. The monoisotopic (exact) mass is 559 g/mol. The van der Waals surface area contributed by atoms with Gasteiger partial charge in [-0.2, -0.15) is 0 Å². The summed E-state index contributed by atoms with van der Waals surface area (Å²) < 4.78 is 6.86. The number of rotatable bonds is 3. The maximum Gasteiger partial charge on any atom is 0.289 e. The van der Waals surface area contributed by atoms with Crippen molar-refractivity contribution in [2.45, 2.75) is 39.0 Å². The predicted molar refractivity (Wildman–Crippen MR) is 147 cm³/mol. The minimum Gasteiger partial charge on any atom is -0.451 e. The molecule has 190 valence electrons. The molecule has 1 spiro atoms. The Morgan fingerprint density at radius 1 is 0.973 bits per heavy atom. The number of hydrogen-bond donors (Lipinski definition) is 0. The molecule has 2 aromatic heterocycles. The summed E-state index contributed by atoms with van der Waals surface area (Å²) in [6.45, 7) is 5.02. The third-order valence-electron chi connectivity index (χ3n) is 8.39. The van der Waals surface area contributed by atoms with Crippen LogP contribution in [0, 0.1) is 12.3 Å². The first-order valence-electron chi connectivity index (χ1n) is 13.0. The van der Waals surface area contributed by atoms with Crippen LogP contribution in [0.4, 0.5) is 0 Å². The maximum absolute atomic E-state index is 13.2. The lowest BCUT2D eigenvalue weighted by atomic mass is 9.71. The highest BCUT2D eigenvalue weighted by Gasteiger charge is 2.40. The smallest absolute Gasteiger partial charge is 0.289 e. The van der Waals surface area contributed by atoms with Crippen LogP contribution in [0.2, 0.25) is 0 Å². The van der Waals surface area contributed by atoms with Crippen molar-refractivity contribution in [3.05, 3.63) is 76.1 Å². The molecule has 4 heterocycles. The molecule has 6 rings (SSSR count). The van der Waals surface area contributed by atoms with Gasteiger partial charge in [0.05, 0.1) is 11.9 Å². The van der Waals surface area contributed by atoms with Crippen molar-refractivity contribution in [3.8, 4) is 0 Å². The van der Waals surface area contributed by atoms with Gasteiger partial charge in [-0.15, -0.1) is 0 Å². The second-order valence-corrected chi connectivity index (χ2v) is 11.5. The van der Waals surface area contributed by atoms with E-state index in [-0.39, 0.29) is 17.2 Å². The number of benzene rings is 2. The molecule has 0 radical (unpaired) electrons. The Morgan fingerprint density at radius 2 is 1.68 bits per heavy atom. The van der Waals surface area contributed by atoms with Gasteiger partial charge >= 0.3 is 0 Å². The summed E-state index contributed by atoms with van der Waals surface area (Å²) in [5, 5.41) is 2.04. The summed E-state index contributed by atoms with van der Waals surface area (Å²) in [4.78, 5) is 34.7. The lowest BCUT2D eigenvalue weighted by Crippen LogP contribution is -2.49. The van der Waals surface area contributed by atoms with E-state index in [4.69, 9.17) is 4.42 Å². The summed E-state index contributed by atoms with van der Waals surface area (Å²) in [7, 11) is 0. The van der Waals surface area contributed by atoms with Gasteiger partial charge in [0, 0.05) is 53.2 Å². The van der Waals surface area contributed by atoms with E-state index in [1.807, 2.05) is 59.2 Å². The second-order valence-electron chi connectivity index (χ2n) is 10.6. The lowest BCUT2D eigenvalue weighted by Gasteiger charge is -2.46. The molecule has 6 nitrogen and oxygen atoms in total. The maximum atomic E-state index is 13.2. The van der Waals surface area contributed by atoms with Crippen molar-refractivity contribution in [2.24, 2.45) is 5.41 Å². The van der Waals surface area contributed by atoms with E-state index in [9.17, 15) is 9.59 Å². The molecule has 2 aliphatic heterocycles. The van der Waals surface area contributed by atoms with Gasteiger partial charge in [0.2, 0.25) is 5.91 Å². The van der Waals surface area contributed by atoms with Crippen molar-refractivity contribution in [3.63, 3.8) is 0 Å². The summed E-state index contributed by atoms with van der Waals surface area (Å²) in [5.41, 5.74) is 3.85. The summed E-state index contributed by atoms with van der Waals surface area (Å²) in [6, 6.07) is 15.9. The number of para-hydroxylation sites is 1. The third kappa shape index (κ3) is 4.65.